The molecule has 0 aliphatic rings. The lowest BCUT2D eigenvalue weighted by atomic mass is 10.0. The molecule has 6 heteroatoms. The molecule has 0 heterocycles. The average molecular weight is 268 g/mol. The van der Waals surface area contributed by atoms with Crippen molar-refractivity contribution in [3.8, 4) is 0 Å². The van der Waals surface area contributed by atoms with Crippen molar-refractivity contribution in [3.05, 3.63) is 35.6 Å². The van der Waals surface area contributed by atoms with Crippen LogP contribution < -0.4 is 10.6 Å². The van der Waals surface area contributed by atoms with E-state index in [1.54, 1.807) is 26.0 Å². The van der Waals surface area contributed by atoms with Gasteiger partial charge in [-0.15, -0.1) is 0 Å². The minimum Gasteiger partial charge on any atom is -0.481 e. The molecular weight excluding hydrogens is 251 g/mol. The summed E-state index contributed by atoms with van der Waals surface area (Å²) in [6.07, 6.45) is -0.180. The molecule has 0 saturated carbocycles. The molecule has 0 aliphatic carbocycles. The summed E-state index contributed by atoms with van der Waals surface area (Å²) in [6.45, 7) is 3.40. The maximum absolute atomic E-state index is 12.9. The molecule has 0 unspecified atom stereocenters. The number of hydrogen-bond acceptors (Lipinski definition) is 2. The van der Waals surface area contributed by atoms with Crippen LogP contribution in [0.1, 0.15) is 25.8 Å². The Morgan fingerprint density at radius 2 is 2.05 bits per heavy atom. The number of aliphatic carboxylic acids is 1. The van der Waals surface area contributed by atoms with Crippen molar-refractivity contribution in [2.75, 3.05) is 0 Å². The van der Waals surface area contributed by atoms with E-state index < -0.39 is 17.5 Å². The number of hydrogen-bond donors (Lipinski definition) is 3. The van der Waals surface area contributed by atoms with Gasteiger partial charge in [-0.2, -0.15) is 0 Å². The van der Waals surface area contributed by atoms with Crippen LogP contribution in [-0.2, 0) is 11.3 Å². The molecule has 0 radical (unpaired) electrons. The van der Waals surface area contributed by atoms with Crippen molar-refractivity contribution in [2.45, 2.75) is 32.4 Å². The lowest BCUT2D eigenvalue weighted by molar-refractivity contribution is -0.138. The highest BCUT2D eigenvalue weighted by molar-refractivity contribution is 5.76. The lowest BCUT2D eigenvalue weighted by Crippen LogP contribution is -2.49. The summed E-state index contributed by atoms with van der Waals surface area (Å²) in [4.78, 5) is 22.2. The molecule has 0 bridgehead atoms. The largest absolute Gasteiger partial charge is 0.481 e. The van der Waals surface area contributed by atoms with E-state index in [-0.39, 0.29) is 18.8 Å². The number of carboxylic acid groups (broad SMARTS) is 1. The SMILES string of the molecule is CC(C)(CC(=O)O)NC(=O)NCc1cccc(F)c1. The van der Waals surface area contributed by atoms with E-state index in [0.29, 0.717) is 5.56 Å². The van der Waals surface area contributed by atoms with Gasteiger partial charge in [0.05, 0.1) is 6.42 Å². The zero-order valence-corrected chi connectivity index (χ0v) is 10.9. The van der Waals surface area contributed by atoms with Crippen molar-refractivity contribution in [1.29, 1.82) is 0 Å². The first-order chi connectivity index (χ1) is 8.78. The molecule has 1 rings (SSSR count). The smallest absolute Gasteiger partial charge is 0.315 e. The minimum absolute atomic E-state index is 0.173. The van der Waals surface area contributed by atoms with Crippen LogP contribution in [0.5, 0.6) is 0 Å². The zero-order valence-electron chi connectivity index (χ0n) is 10.9. The summed E-state index contributed by atoms with van der Waals surface area (Å²) < 4.78 is 12.9. The molecule has 3 N–H and O–H groups in total. The number of carboxylic acids is 1. The quantitative estimate of drug-likeness (QED) is 0.763. The maximum Gasteiger partial charge on any atom is 0.315 e. The van der Waals surface area contributed by atoms with Crippen LogP contribution in [0.25, 0.3) is 0 Å². The van der Waals surface area contributed by atoms with Gasteiger partial charge in [-0.1, -0.05) is 12.1 Å². The predicted octanol–water partition coefficient (Wildman–Crippen LogP) is 1.88. The Hall–Kier alpha value is -2.11. The number of benzene rings is 1. The summed E-state index contributed by atoms with van der Waals surface area (Å²) in [5.74, 6) is -1.36. The second kappa shape index (κ2) is 6.17. The number of urea groups is 1. The third-order valence-corrected chi connectivity index (χ3v) is 2.39. The number of carbonyl (C=O) groups is 2. The van der Waals surface area contributed by atoms with E-state index >= 15 is 0 Å². The number of halogens is 1. The highest BCUT2D eigenvalue weighted by Crippen LogP contribution is 2.08. The van der Waals surface area contributed by atoms with Crippen LogP contribution in [0.3, 0.4) is 0 Å². The average Bonchev–Trinajstić information content (AvgIpc) is 2.24. The number of nitrogens with one attached hydrogen (secondary N) is 2. The van der Waals surface area contributed by atoms with E-state index in [9.17, 15) is 14.0 Å². The number of amides is 2. The molecule has 0 saturated heterocycles. The Kier molecular flexibility index (Phi) is 4.86. The number of rotatable bonds is 5. The van der Waals surface area contributed by atoms with E-state index in [2.05, 4.69) is 10.6 Å². The fourth-order valence-corrected chi connectivity index (χ4v) is 1.60. The molecule has 0 aliphatic heterocycles. The van der Waals surface area contributed by atoms with Gasteiger partial charge in [0.1, 0.15) is 5.82 Å². The van der Waals surface area contributed by atoms with Crippen molar-refractivity contribution in [2.24, 2.45) is 0 Å². The molecular formula is C13H17FN2O3. The van der Waals surface area contributed by atoms with Crippen molar-refractivity contribution >= 4 is 12.0 Å². The first-order valence-electron chi connectivity index (χ1n) is 5.81. The summed E-state index contributed by atoms with van der Waals surface area (Å²) in [5, 5.41) is 13.8. The molecule has 0 fully saturated rings. The van der Waals surface area contributed by atoms with Gasteiger partial charge in [-0.25, -0.2) is 9.18 Å². The van der Waals surface area contributed by atoms with E-state index in [1.165, 1.54) is 12.1 Å². The third-order valence-electron chi connectivity index (χ3n) is 2.39. The van der Waals surface area contributed by atoms with E-state index in [1.807, 2.05) is 0 Å². The molecule has 2 amide bonds. The molecule has 104 valence electrons. The molecule has 1 aromatic rings. The second-order valence-corrected chi connectivity index (χ2v) is 4.89. The van der Waals surface area contributed by atoms with Gasteiger partial charge < -0.3 is 15.7 Å². The van der Waals surface area contributed by atoms with Gasteiger partial charge in [0.15, 0.2) is 0 Å². The van der Waals surface area contributed by atoms with Gasteiger partial charge >= 0.3 is 12.0 Å². The standard InChI is InChI=1S/C13H17FN2O3/c1-13(2,7-11(17)18)16-12(19)15-8-9-4-3-5-10(14)6-9/h3-6H,7-8H2,1-2H3,(H,17,18)(H2,15,16,19). The summed E-state index contributed by atoms with van der Waals surface area (Å²) in [5.41, 5.74) is -0.219. The van der Waals surface area contributed by atoms with Gasteiger partial charge in [-0.3, -0.25) is 4.79 Å². The first-order valence-corrected chi connectivity index (χ1v) is 5.81. The van der Waals surface area contributed by atoms with Crippen LogP contribution in [0.2, 0.25) is 0 Å². The molecule has 0 atom stereocenters. The van der Waals surface area contributed by atoms with Crippen LogP contribution >= 0.6 is 0 Å². The van der Waals surface area contributed by atoms with Gasteiger partial charge in [-0.05, 0) is 31.5 Å². The predicted molar refractivity (Wildman–Crippen MR) is 68.1 cm³/mol. The molecule has 5 nitrogen and oxygen atoms in total. The minimum atomic E-state index is -0.990. The Bertz CT molecular complexity index is 475. The molecule has 19 heavy (non-hydrogen) atoms. The van der Waals surface area contributed by atoms with Gasteiger partial charge in [0.25, 0.3) is 0 Å². The van der Waals surface area contributed by atoms with Crippen LogP contribution in [0.4, 0.5) is 9.18 Å². The summed E-state index contributed by atoms with van der Waals surface area (Å²) >= 11 is 0. The fourth-order valence-electron chi connectivity index (χ4n) is 1.60. The molecule has 0 aromatic heterocycles. The Morgan fingerprint density at radius 3 is 2.63 bits per heavy atom. The Labute approximate surface area is 110 Å². The van der Waals surface area contributed by atoms with Crippen LogP contribution in [-0.4, -0.2) is 22.6 Å². The molecule has 1 aromatic carbocycles. The highest BCUT2D eigenvalue weighted by Gasteiger charge is 2.23. The van der Waals surface area contributed by atoms with Crippen molar-refractivity contribution in [3.63, 3.8) is 0 Å². The number of carbonyl (C=O) groups excluding carboxylic acids is 1. The highest BCUT2D eigenvalue weighted by atomic mass is 19.1. The Balaban J connectivity index is 2.46. The molecule has 0 spiro atoms. The van der Waals surface area contributed by atoms with Crippen LogP contribution in [0, 0.1) is 5.82 Å². The fraction of sp³-hybridized carbons (Fsp3) is 0.385. The van der Waals surface area contributed by atoms with Crippen molar-refractivity contribution < 1.29 is 19.1 Å². The van der Waals surface area contributed by atoms with E-state index in [4.69, 9.17) is 5.11 Å². The normalized spacial score (nSPS) is 10.9. The van der Waals surface area contributed by atoms with Crippen molar-refractivity contribution in [1.82, 2.24) is 10.6 Å². The first kappa shape index (κ1) is 14.9. The lowest BCUT2D eigenvalue weighted by Gasteiger charge is -2.24. The summed E-state index contributed by atoms with van der Waals surface area (Å²) in [7, 11) is 0. The van der Waals surface area contributed by atoms with Crippen LogP contribution in [0.15, 0.2) is 24.3 Å². The second-order valence-electron chi connectivity index (χ2n) is 4.89. The summed E-state index contributed by atoms with van der Waals surface area (Å²) in [6, 6.07) is 5.39. The maximum atomic E-state index is 12.9. The van der Waals surface area contributed by atoms with E-state index in [0.717, 1.165) is 0 Å². The third kappa shape index (κ3) is 5.85. The van der Waals surface area contributed by atoms with Gasteiger partial charge in [0.2, 0.25) is 0 Å². The Morgan fingerprint density at radius 1 is 1.37 bits per heavy atom. The topological polar surface area (TPSA) is 78.4 Å². The monoisotopic (exact) mass is 268 g/mol. The van der Waals surface area contributed by atoms with Gasteiger partial charge in [0, 0.05) is 12.1 Å². The zero-order chi connectivity index (χ0) is 14.5.